The van der Waals surface area contributed by atoms with Gasteiger partial charge in [-0.05, 0) is 26.3 Å². The summed E-state index contributed by atoms with van der Waals surface area (Å²) in [6, 6.07) is 0. The molecule has 0 amide bonds. The highest BCUT2D eigenvalue weighted by atomic mass is 16.6. The standard InChI is InChI=1S/C11H16O3/c1-6-7(2)10(13)11(5,8(6)3)14-9(4)12/h8H,1-5H3. The molecule has 2 unspecified atom stereocenters. The first-order valence-electron chi connectivity index (χ1n) is 4.72. The van der Waals surface area contributed by atoms with Gasteiger partial charge in [-0.1, -0.05) is 12.5 Å². The third kappa shape index (κ3) is 1.37. The Morgan fingerprint density at radius 2 is 1.93 bits per heavy atom. The lowest BCUT2D eigenvalue weighted by Gasteiger charge is -2.28. The fourth-order valence-electron chi connectivity index (χ4n) is 1.92. The van der Waals surface area contributed by atoms with Crippen molar-refractivity contribution in [2.45, 2.75) is 40.2 Å². The van der Waals surface area contributed by atoms with E-state index in [0.717, 1.165) is 11.1 Å². The van der Waals surface area contributed by atoms with E-state index in [9.17, 15) is 9.59 Å². The van der Waals surface area contributed by atoms with E-state index in [-0.39, 0.29) is 11.7 Å². The van der Waals surface area contributed by atoms with Crippen LogP contribution in [0.5, 0.6) is 0 Å². The molecular weight excluding hydrogens is 180 g/mol. The van der Waals surface area contributed by atoms with Gasteiger partial charge in [0, 0.05) is 12.8 Å². The van der Waals surface area contributed by atoms with E-state index in [2.05, 4.69) is 0 Å². The fraction of sp³-hybridized carbons (Fsp3) is 0.636. The molecule has 0 aromatic heterocycles. The Hall–Kier alpha value is -1.12. The maximum Gasteiger partial charge on any atom is 0.303 e. The van der Waals surface area contributed by atoms with Crippen molar-refractivity contribution in [1.29, 1.82) is 0 Å². The van der Waals surface area contributed by atoms with Gasteiger partial charge in [0.05, 0.1) is 0 Å². The van der Waals surface area contributed by atoms with Gasteiger partial charge in [-0.2, -0.15) is 0 Å². The lowest BCUT2D eigenvalue weighted by atomic mass is 9.89. The smallest absolute Gasteiger partial charge is 0.303 e. The van der Waals surface area contributed by atoms with Gasteiger partial charge < -0.3 is 4.74 Å². The van der Waals surface area contributed by atoms with Crippen molar-refractivity contribution >= 4 is 11.8 Å². The maximum atomic E-state index is 11.8. The molecule has 2 atom stereocenters. The molecular formula is C11H16O3. The molecule has 1 aliphatic rings. The highest BCUT2D eigenvalue weighted by Crippen LogP contribution is 2.39. The average Bonchev–Trinajstić information content (AvgIpc) is 2.21. The second-order valence-electron chi connectivity index (χ2n) is 4.06. The van der Waals surface area contributed by atoms with Gasteiger partial charge in [0.15, 0.2) is 5.60 Å². The summed E-state index contributed by atoms with van der Waals surface area (Å²) in [6.45, 7) is 8.61. The molecule has 14 heavy (non-hydrogen) atoms. The van der Waals surface area contributed by atoms with E-state index in [1.165, 1.54) is 6.92 Å². The van der Waals surface area contributed by atoms with Crippen LogP contribution in [0.4, 0.5) is 0 Å². The van der Waals surface area contributed by atoms with Crippen LogP contribution in [0, 0.1) is 5.92 Å². The van der Waals surface area contributed by atoms with Crippen LogP contribution in [0.25, 0.3) is 0 Å². The molecule has 1 aliphatic carbocycles. The zero-order valence-corrected chi connectivity index (χ0v) is 9.30. The summed E-state index contributed by atoms with van der Waals surface area (Å²) in [5, 5.41) is 0. The van der Waals surface area contributed by atoms with E-state index < -0.39 is 11.6 Å². The maximum absolute atomic E-state index is 11.8. The number of carbonyl (C=O) groups is 2. The first-order chi connectivity index (χ1) is 6.30. The van der Waals surface area contributed by atoms with Crippen molar-refractivity contribution < 1.29 is 14.3 Å². The molecule has 3 nitrogen and oxygen atoms in total. The van der Waals surface area contributed by atoms with Gasteiger partial charge in [0.1, 0.15) is 0 Å². The molecule has 0 bridgehead atoms. The quantitative estimate of drug-likeness (QED) is 0.601. The number of hydrogen-bond acceptors (Lipinski definition) is 3. The molecule has 0 radical (unpaired) electrons. The topological polar surface area (TPSA) is 43.4 Å². The molecule has 0 aliphatic heterocycles. The summed E-state index contributed by atoms with van der Waals surface area (Å²) in [7, 11) is 0. The number of hydrogen-bond donors (Lipinski definition) is 0. The second kappa shape index (κ2) is 3.23. The molecule has 3 heteroatoms. The molecule has 0 N–H and O–H groups in total. The minimum Gasteiger partial charge on any atom is -0.451 e. The Kier molecular flexibility index (Phi) is 2.52. The third-order valence-electron chi connectivity index (χ3n) is 3.21. The zero-order valence-electron chi connectivity index (χ0n) is 9.30. The average molecular weight is 196 g/mol. The first kappa shape index (κ1) is 11.0. The summed E-state index contributed by atoms with van der Waals surface area (Å²) in [6.07, 6.45) is 0. The van der Waals surface area contributed by atoms with Gasteiger partial charge in [-0.3, -0.25) is 9.59 Å². The SMILES string of the molecule is CC(=O)OC1(C)C(=O)C(C)=C(C)C1C. The van der Waals surface area contributed by atoms with E-state index in [1.54, 1.807) is 13.8 Å². The summed E-state index contributed by atoms with van der Waals surface area (Å²) in [4.78, 5) is 22.8. The van der Waals surface area contributed by atoms with Crippen molar-refractivity contribution in [1.82, 2.24) is 0 Å². The van der Waals surface area contributed by atoms with Crippen LogP contribution in [0.2, 0.25) is 0 Å². The molecule has 0 heterocycles. The molecule has 0 spiro atoms. The molecule has 0 fully saturated rings. The second-order valence-corrected chi connectivity index (χ2v) is 4.06. The number of ether oxygens (including phenoxy) is 1. The predicted octanol–water partition coefficient (Wildman–Crippen LogP) is 1.86. The van der Waals surface area contributed by atoms with Crippen molar-refractivity contribution in [3.05, 3.63) is 11.1 Å². The summed E-state index contributed by atoms with van der Waals surface area (Å²) >= 11 is 0. The Bertz CT molecular complexity index is 327. The van der Waals surface area contributed by atoms with E-state index in [4.69, 9.17) is 4.74 Å². The number of carbonyl (C=O) groups excluding carboxylic acids is 2. The highest BCUT2D eigenvalue weighted by molar-refractivity contribution is 6.06. The molecule has 78 valence electrons. The van der Waals surface area contributed by atoms with Gasteiger partial charge in [0.2, 0.25) is 5.78 Å². The molecule has 1 rings (SSSR count). The highest BCUT2D eigenvalue weighted by Gasteiger charge is 2.48. The lowest BCUT2D eigenvalue weighted by Crippen LogP contribution is -2.42. The van der Waals surface area contributed by atoms with E-state index in [0.29, 0.717) is 0 Å². The Labute approximate surface area is 84.1 Å². The van der Waals surface area contributed by atoms with Gasteiger partial charge in [0.25, 0.3) is 0 Å². The summed E-state index contributed by atoms with van der Waals surface area (Å²) in [5.74, 6) is -0.508. The molecule has 0 saturated carbocycles. The van der Waals surface area contributed by atoms with Crippen LogP contribution in [-0.2, 0) is 14.3 Å². The Balaban J connectivity index is 3.06. The lowest BCUT2D eigenvalue weighted by molar-refractivity contribution is -0.164. The van der Waals surface area contributed by atoms with Gasteiger partial charge in [-0.15, -0.1) is 0 Å². The number of rotatable bonds is 1. The molecule has 0 aromatic carbocycles. The normalized spacial score (nSPS) is 32.4. The van der Waals surface area contributed by atoms with Crippen LogP contribution < -0.4 is 0 Å². The molecule has 0 saturated heterocycles. The van der Waals surface area contributed by atoms with Gasteiger partial charge >= 0.3 is 5.97 Å². The van der Waals surface area contributed by atoms with Crippen LogP contribution >= 0.6 is 0 Å². The van der Waals surface area contributed by atoms with Crippen molar-refractivity contribution in [2.24, 2.45) is 5.92 Å². The summed E-state index contributed by atoms with van der Waals surface area (Å²) < 4.78 is 5.13. The Morgan fingerprint density at radius 3 is 2.21 bits per heavy atom. The van der Waals surface area contributed by atoms with E-state index >= 15 is 0 Å². The van der Waals surface area contributed by atoms with Crippen molar-refractivity contribution in [3.8, 4) is 0 Å². The van der Waals surface area contributed by atoms with Crippen LogP contribution in [0.3, 0.4) is 0 Å². The number of esters is 1. The number of Topliss-reactive ketones (excluding diaryl/α,β-unsaturated/α-hetero) is 1. The van der Waals surface area contributed by atoms with Crippen LogP contribution in [0.15, 0.2) is 11.1 Å². The third-order valence-corrected chi connectivity index (χ3v) is 3.21. The monoisotopic (exact) mass is 196 g/mol. The van der Waals surface area contributed by atoms with Crippen molar-refractivity contribution in [2.75, 3.05) is 0 Å². The predicted molar refractivity (Wildman–Crippen MR) is 52.7 cm³/mol. The van der Waals surface area contributed by atoms with Crippen molar-refractivity contribution in [3.63, 3.8) is 0 Å². The zero-order chi connectivity index (χ0) is 11.1. The summed E-state index contributed by atoms with van der Waals surface area (Å²) in [5.41, 5.74) is 0.750. The van der Waals surface area contributed by atoms with Crippen LogP contribution in [0.1, 0.15) is 34.6 Å². The Morgan fingerprint density at radius 1 is 1.43 bits per heavy atom. The van der Waals surface area contributed by atoms with Gasteiger partial charge in [-0.25, -0.2) is 0 Å². The minimum atomic E-state index is -0.986. The minimum absolute atomic E-state index is 0.0288. The number of ketones is 1. The molecule has 0 aromatic rings. The fourth-order valence-corrected chi connectivity index (χ4v) is 1.92. The largest absolute Gasteiger partial charge is 0.451 e. The van der Waals surface area contributed by atoms with Crippen LogP contribution in [-0.4, -0.2) is 17.4 Å². The van der Waals surface area contributed by atoms with E-state index in [1.807, 2.05) is 13.8 Å². The first-order valence-corrected chi connectivity index (χ1v) is 4.72.